The van der Waals surface area contributed by atoms with Gasteiger partial charge in [0.1, 0.15) is 11.5 Å². The van der Waals surface area contributed by atoms with Crippen LogP contribution in [-0.4, -0.2) is 15.0 Å². The fourth-order valence-electron chi connectivity index (χ4n) is 1.06. The Morgan fingerprint density at radius 2 is 1.93 bits per heavy atom. The van der Waals surface area contributed by atoms with Crippen LogP contribution in [0.1, 0.15) is 0 Å². The molecule has 0 aliphatic heterocycles. The minimum Gasteiger partial charge on any atom is -0.261 e. The van der Waals surface area contributed by atoms with Crippen molar-refractivity contribution in [2.24, 2.45) is 0 Å². The van der Waals surface area contributed by atoms with E-state index in [0.29, 0.717) is 11.3 Å². The SMILES string of the molecule is Fc1cncc(-c2nccnc2Cl)c1. The van der Waals surface area contributed by atoms with Gasteiger partial charge < -0.3 is 0 Å². The van der Waals surface area contributed by atoms with E-state index in [0.717, 1.165) is 6.20 Å². The number of hydrogen-bond donors (Lipinski definition) is 0. The van der Waals surface area contributed by atoms with E-state index in [9.17, 15) is 4.39 Å². The quantitative estimate of drug-likeness (QED) is 0.724. The zero-order valence-corrected chi connectivity index (χ0v) is 7.74. The molecule has 0 atom stereocenters. The van der Waals surface area contributed by atoms with Crippen LogP contribution in [0.5, 0.6) is 0 Å². The first kappa shape index (κ1) is 9.02. The van der Waals surface area contributed by atoms with Crippen LogP contribution in [0.3, 0.4) is 0 Å². The van der Waals surface area contributed by atoms with Gasteiger partial charge in [-0.05, 0) is 6.07 Å². The highest BCUT2D eigenvalue weighted by Gasteiger charge is 2.06. The Morgan fingerprint density at radius 3 is 2.64 bits per heavy atom. The van der Waals surface area contributed by atoms with Gasteiger partial charge in [-0.15, -0.1) is 0 Å². The van der Waals surface area contributed by atoms with E-state index in [1.54, 1.807) is 0 Å². The van der Waals surface area contributed by atoms with Crippen molar-refractivity contribution in [1.29, 1.82) is 0 Å². The van der Waals surface area contributed by atoms with Gasteiger partial charge in [-0.2, -0.15) is 0 Å². The predicted octanol–water partition coefficient (Wildman–Crippen LogP) is 2.33. The molecule has 0 aliphatic rings. The topological polar surface area (TPSA) is 38.7 Å². The zero-order chi connectivity index (χ0) is 9.97. The van der Waals surface area contributed by atoms with E-state index in [1.807, 2.05) is 0 Å². The lowest BCUT2D eigenvalue weighted by Crippen LogP contribution is -1.89. The van der Waals surface area contributed by atoms with Gasteiger partial charge >= 0.3 is 0 Å². The van der Waals surface area contributed by atoms with Crippen LogP contribution in [-0.2, 0) is 0 Å². The summed E-state index contributed by atoms with van der Waals surface area (Å²) in [4.78, 5) is 11.5. The molecule has 5 heteroatoms. The van der Waals surface area contributed by atoms with Crippen molar-refractivity contribution in [3.8, 4) is 11.3 Å². The molecule has 0 aliphatic carbocycles. The lowest BCUT2D eigenvalue weighted by molar-refractivity contribution is 0.622. The van der Waals surface area contributed by atoms with E-state index >= 15 is 0 Å². The van der Waals surface area contributed by atoms with Crippen molar-refractivity contribution in [1.82, 2.24) is 15.0 Å². The molecular weight excluding hydrogens is 205 g/mol. The maximum Gasteiger partial charge on any atom is 0.155 e. The van der Waals surface area contributed by atoms with Gasteiger partial charge in [0.25, 0.3) is 0 Å². The summed E-state index contributed by atoms with van der Waals surface area (Å²) >= 11 is 5.79. The van der Waals surface area contributed by atoms with Gasteiger partial charge in [-0.3, -0.25) is 9.97 Å². The Bertz CT molecular complexity index is 461. The lowest BCUT2D eigenvalue weighted by atomic mass is 10.2. The molecule has 0 N–H and O–H groups in total. The Balaban J connectivity index is 2.55. The minimum absolute atomic E-state index is 0.236. The zero-order valence-electron chi connectivity index (χ0n) is 6.98. The van der Waals surface area contributed by atoms with E-state index in [2.05, 4.69) is 15.0 Å². The Kier molecular flexibility index (Phi) is 2.37. The lowest BCUT2D eigenvalue weighted by Gasteiger charge is -2.00. The molecule has 2 aromatic heterocycles. The van der Waals surface area contributed by atoms with E-state index in [1.165, 1.54) is 24.7 Å². The minimum atomic E-state index is -0.427. The molecule has 0 saturated carbocycles. The molecule has 0 spiro atoms. The molecule has 0 saturated heterocycles. The van der Waals surface area contributed by atoms with Gasteiger partial charge in [0.15, 0.2) is 5.15 Å². The maximum absolute atomic E-state index is 12.8. The Morgan fingerprint density at radius 1 is 1.14 bits per heavy atom. The van der Waals surface area contributed by atoms with Gasteiger partial charge in [0.2, 0.25) is 0 Å². The number of aromatic nitrogens is 3. The van der Waals surface area contributed by atoms with Crippen molar-refractivity contribution < 1.29 is 4.39 Å². The second-order valence-electron chi connectivity index (χ2n) is 2.59. The van der Waals surface area contributed by atoms with Crippen LogP contribution in [0, 0.1) is 5.82 Å². The molecular formula is C9H5ClFN3. The summed E-state index contributed by atoms with van der Waals surface area (Å²) in [6.07, 6.45) is 5.57. The fourth-order valence-corrected chi connectivity index (χ4v) is 1.27. The van der Waals surface area contributed by atoms with Crippen molar-refractivity contribution >= 4 is 11.6 Å². The summed E-state index contributed by atoms with van der Waals surface area (Å²) in [5.41, 5.74) is 0.948. The molecule has 2 heterocycles. The highest BCUT2D eigenvalue weighted by Crippen LogP contribution is 2.22. The average molecular weight is 210 g/mol. The highest BCUT2D eigenvalue weighted by atomic mass is 35.5. The second-order valence-corrected chi connectivity index (χ2v) is 2.95. The molecule has 14 heavy (non-hydrogen) atoms. The van der Waals surface area contributed by atoms with Crippen LogP contribution in [0.15, 0.2) is 30.9 Å². The number of rotatable bonds is 1. The largest absolute Gasteiger partial charge is 0.261 e. The van der Waals surface area contributed by atoms with Crippen LogP contribution in [0.4, 0.5) is 4.39 Å². The summed E-state index contributed by atoms with van der Waals surface area (Å²) < 4.78 is 12.8. The third-order valence-electron chi connectivity index (χ3n) is 1.63. The molecule has 3 nitrogen and oxygen atoms in total. The van der Waals surface area contributed by atoms with E-state index in [-0.39, 0.29) is 5.15 Å². The van der Waals surface area contributed by atoms with Crippen LogP contribution >= 0.6 is 11.6 Å². The first-order valence-electron chi connectivity index (χ1n) is 3.85. The van der Waals surface area contributed by atoms with Gasteiger partial charge in [0, 0.05) is 24.2 Å². The summed E-state index contributed by atoms with van der Waals surface area (Å²) in [7, 11) is 0. The van der Waals surface area contributed by atoms with Crippen molar-refractivity contribution in [2.45, 2.75) is 0 Å². The summed E-state index contributed by atoms with van der Waals surface area (Å²) in [5.74, 6) is -0.427. The third-order valence-corrected chi connectivity index (χ3v) is 1.91. The van der Waals surface area contributed by atoms with Crippen molar-refractivity contribution in [2.75, 3.05) is 0 Å². The van der Waals surface area contributed by atoms with E-state index in [4.69, 9.17) is 11.6 Å². The van der Waals surface area contributed by atoms with Gasteiger partial charge in [0.05, 0.1) is 6.20 Å². The maximum atomic E-state index is 12.8. The molecule has 0 radical (unpaired) electrons. The Hall–Kier alpha value is -1.55. The smallest absolute Gasteiger partial charge is 0.155 e. The van der Waals surface area contributed by atoms with Crippen molar-refractivity contribution in [3.05, 3.63) is 41.8 Å². The molecule has 70 valence electrons. The number of nitrogens with zero attached hydrogens (tertiary/aromatic N) is 3. The molecule has 0 aromatic carbocycles. The van der Waals surface area contributed by atoms with Crippen LogP contribution in [0.25, 0.3) is 11.3 Å². The van der Waals surface area contributed by atoms with E-state index < -0.39 is 5.82 Å². The highest BCUT2D eigenvalue weighted by molar-refractivity contribution is 6.31. The van der Waals surface area contributed by atoms with Gasteiger partial charge in [-0.1, -0.05) is 11.6 Å². The Labute approximate surface area is 84.6 Å². The van der Waals surface area contributed by atoms with Crippen LogP contribution < -0.4 is 0 Å². The summed E-state index contributed by atoms with van der Waals surface area (Å²) in [6, 6.07) is 1.31. The molecule has 2 aromatic rings. The summed E-state index contributed by atoms with van der Waals surface area (Å²) in [6.45, 7) is 0. The fraction of sp³-hybridized carbons (Fsp3) is 0. The predicted molar refractivity (Wildman–Crippen MR) is 50.2 cm³/mol. The normalized spacial score (nSPS) is 10.1. The average Bonchev–Trinajstić information content (AvgIpc) is 2.18. The van der Waals surface area contributed by atoms with Crippen LogP contribution in [0.2, 0.25) is 5.15 Å². The number of pyridine rings is 1. The third kappa shape index (κ3) is 1.70. The first-order chi connectivity index (χ1) is 6.77. The molecule has 0 unspecified atom stereocenters. The monoisotopic (exact) mass is 209 g/mol. The molecule has 0 bridgehead atoms. The van der Waals surface area contributed by atoms with Gasteiger partial charge in [-0.25, -0.2) is 9.37 Å². The second kappa shape index (κ2) is 3.67. The number of halogens is 2. The van der Waals surface area contributed by atoms with Crippen molar-refractivity contribution in [3.63, 3.8) is 0 Å². The summed E-state index contributed by atoms with van der Waals surface area (Å²) in [5, 5.41) is 0.236. The molecule has 2 rings (SSSR count). The number of hydrogen-bond acceptors (Lipinski definition) is 3. The molecule has 0 fully saturated rings. The molecule has 0 amide bonds. The standard InChI is InChI=1S/C9H5ClFN3/c10-9-8(13-1-2-14-9)6-3-7(11)5-12-4-6/h1-5H. The first-order valence-corrected chi connectivity index (χ1v) is 4.22.